The van der Waals surface area contributed by atoms with Gasteiger partial charge in [-0.15, -0.1) is 0 Å². The molecule has 2 amide bonds. The Labute approximate surface area is 189 Å². The number of aromatic nitrogens is 2. The number of carbonyl (C=O) groups excluding carboxylic acids is 1. The summed E-state index contributed by atoms with van der Waals surface area (Å²) in [4.78, 5) is 28.8. The lowest BCUT2D eigenvalue weighted by Crippen LogP contribution is -2.53. The van der Waals surface area contributed by atoms with Crippen molar-refractivity contribution >= 4 is 28.6 Å². The summed E-state index contributed by atoms with van der Waals surface area (Å²) in [6, 6.07) is 14.2. The zero-order valence-electron chi connectivity index (χ0n) is 19.3. The highest BCUT2D eigenvalue weighted by Gasteiger charge is 2.29. The third-order valence-corrected chi connectivity index (χ3v) is 5.73. The minimum atomic E-state index is -0.0573. The fraction of sp³-hybridized carbons (Fsp3) is 0.400. The van der Waals surface area contributed by atoms with E-state index in [-0.39, 0.29) is 6.03 Å². The normalized spacial score (nSPS) is 14.0. The molecule has 3 aromatic rings. The molecule has 1 aromatic heterocycles. The summed E-state index contributed by atoms with van der Waals surface area (Å²) in [5.41, 5.74) is 5.24. The summed E-state index contributed by atoms with van der Waals surface area (Å²) >= 11 is 0. The molecule has 0 N–H and O–H groups in total. The number of anilines is 2. The van der Waals surface area contributed by atoms with Crippen molar-refractivity contribution in [3.63, 3.8) is 0 Å². The maximum absolute atomic E-state index is 13.5. The third-order valence-electron chi connectivity index (χ3n) is 5.73. The second-order valence-electron chi connectivity index (χ2n) is 8.12. The van der Waals surface area contributed by atoms with Gasteiger partial charge in [-0.05, 0) is 63.1 Å². The van der Waals surface area contributed by atoms with Crippen LogP contribution in [0.25, 0.3) is 11.0 Å². The van der Waals surface area contributed by atoms with Crippen LogP contribution >= 0.6 is 0 Å². The van der Waals surface area contributed by atoms with E-state index in [0.29, 0.717) is 37.9 Å². The van der Waals surface area contributed by atoms with Gasteiger partial charge in [-0.3, -0.25) is 4.90 Å². The molecule has 2 aromatic carbocycles. The first-order chi connectivity index (χ1) is 15.5. The number of hydrogen-bond donors (Lipinski definition) is 0. The third kappa shape index (κ3) is 4.47. The first kappa shape index (κ1) is 21.9. The molecule has 7 heteroatoms. The summed E-state index contributed by atoms with van der Waals surface area (Å²) in [6.07, 6.45) is 0. The summed E-state index contributed by atoms with van der Waals surface area (Å²) in [5.74, 6) is 0.880. The number of aryl methyl sites for hydroxylation is 2. The van der Waals surface area contributed by atoms with E-state index in [9.17, 15) is 4.79 Å². The predicted molar refractivity (Wildman–Crippen MR) is 129 cm³/mol. The van der Waals surface area contributed by atoms with E-state index < -0.39 is 0 Å². The summed E-state index contributed by atoms with van der Waals surface area (Å²) in [7, 11) is 0. The first-order valence-electron chi connectivity index (χ1n) is 11.3. The average molecular weight is 434 g/mol. The molecule has 1 saturated heterocycles. The van der Waals surface area contributed by atoms with Crippen LogP contribution in [0, 0.1) is 13.8 Å². The number of urea groups is 1. The molecular weight excluding hydrogens is 402 g/mol. The van der Waals surface area contributed by atoms with Crippen molar-refractivity contribution in [1.29, 1.82) is 0 Å². The molecule has 0 unspecified atom stereocenters. The van der Waals surface area contributed by atoms with Gasteiger partial charge in [-0.25, -0.2) is 14.8 Å². The quantitative estimate of drug-likeness (QED) is 0.596. The van der Waals surface area contributed by atoms with Gasteiger partial charge in [-0.1, -0.05) is 18.2 Å². The lowest BCUT2D eigenvalue weighted by Gasteiger charge is -2.38. The fourth-order valence-electron chi connectivity index (χ4n) is 4.22. The van der Waals surface area contributed by atoms with Crippen molar-refractivity contribution in [1.82, 2.24) is 14.9 Å². The Hall–Kier alpha value is -3.35. The van der Waals surface area contributed by atoms with E-state index in [2.05, 4.69) is 41.9 Å². The molecule has 7 nitrogen and oxygen atoms in total. The van der Waals surface area contributed by atoms with Crippen LogP contribution in [0.4, 0.5) is 16.3 Å². The zero-order valence-corrected chi connectivity index (χ0v) is 19.3. The highest BCUT2D eigenvalue weighted by atomic mass is 16.5. The topological polar surface area (TPSA) is 61.8 Å². The second-order valence-corrected chi connectivity index (χ2v) is 8.12. The molecule has 1 fully saturated rings. The van der Waals surface area contributed by atoms with Gasteiger partial charge < -0.3 is 14.5 Å². The molecule has 0 bridgehead atoms. The van der Waals surface area contributed by atoms with E-state index in [1.54, 1.807) is 4.90 Å². The van der Waals surface area contributed by atoms with Crippen molar-refractivity contribution in [3.8, 4) is 5.88 Å². The standard InChI is InChI=1S/C25H31N5O2/c1-5-30(23-24(32-6-2)27-22-10-8-7-9-21(22)26-23)25(31)29-13-11-28(12-14-29)20-16-18(3)15-19(4)17-20/h7-10,15-17H,5-6,11-14H2,1-4H3. The molecule has 0 radical (unpaired) electrons. The molecule has 32 heavy (non-hydrogen) atoms. The van der Waals surface area contributed by atoms with Crippen LogP contribution in [0.5, 0.6) is 5.88 Å². The molecule has 0 atom stereocenters. The van der Waals surface area contributed by atoms with Crippen LogP contribution in [0.1, 0.15) is 25.0 Å². The molecule has 1 aliphatic rings. The molecule has 0 saturated carbocycles. The minimum absolute atomic E-state index is 0.0573. The Balaban J connectivity index is 1.54. The van der Waals surface area contributed by atoms with Gasteiger partial charge in [0.2, 0.25) is 5.82 Å². The number of benzene rings is 2. The van der Waals surface area contributed by atoms with Crippen LogP contribution in [-0.2, 0) is 0 Å². The average Bonchev–Trinajstić information content (AvgIpc) is 2.79. The van der Waals surface area contributed by atoms with E-state index in [1.165, 1.54) is 16.8 Å². The Morgan fingerprint density at radius 2 is 1.59 bits per heavy atom. The molecule has 2 heterocycles. The van der Waals surface area contributed by atoms with Gasteiger partial charge in [0.05, 0.1) is 17.6 Å². The molecule has 0 spiro atoms. The lowest BCUT2D eigenvalue weighted by molar-refractivity contribution is 0.200. The van der Waals surface area contributed by atoms with Gasteiger partial charge in [0.1, 0.15) is 0 Å². The Morgan fingerprint density at radius 1 is 0.969 bits per heavy atom. The van der Waals surface area contributed by atoms with Crippen molar-refractivity contribution < 1.29 is 9.53 Å². The molecule has 1 aliphatic heterocycles. The second kappa shape index (κ2) is 9.42. The largest absolute Gasteiger partial charge is 0.475 e. The van der Waals surface area contributed by atoms with Gasteiger partial charge in [0.25, 0.3) is 5.88 Å². The number of para-hydroxylation sites is 2. The van der Waals surface area contributed by atoms with Crippen molar-refractivity contribution in [2.75, 3.05) is 49.1 Å². The molecule has 168 valence electrons. The molecule has 4 rings (SSSR count). The van der Waals surface area contributed by atoms with E-state index in [0.717, 1.165) is 24.1 Å². The highest BCUT2D eigenvalue weighted by Crippen LogP contribution is 2.28. The van der Waals surface area contributed by atoms with Crippen molar-refractivity contribution in [3.05, 3.63) is 53.6 Å². The van der Waals surface area contributed by atoms with E-state index >= 15 is 0 Å². The van der Waals surface area contributed by atoms with Gasteiger partial charge >= 0.3 is 6.03 Å². The van der Waals surface area contributed by atoms with E-state index in [1.807, 2.05) is 43.0 Å². The Kier molecular flexibility index (Phi) is 6.44. The monoisotopic (exact) mass is 433 g/mol. The van der Waals surface area contributed by atoms with Gasteiger partial charge in [0.15, 0.2) is 0 Å². The Morgan fingerprint density at radius 3 is 2.19 bits per heavy atom. The number of piperazine rings is 1. The first-order valence-corrected chi connectivity index (χ1v) is 11.3. The van der Waals surface area contributed by atoms with E-state index in [4.69, 9.17) is 9.72 Å². The van der Waals surface area contributed by atoms with Crippen LogP contribution in [-0.4, -0.2) is 60.2 Å². The van der Waals surface area contributed by atoms with Crippen LogP contribution < -0.4 is 14.5 Å². The summed E-state index contributed by atoms with van der Waals surface area (Å²) in [6.45, 7) is 12.0. The van der Waals surface area contributed by atoms with Crippen LogP contribution in [0.3, 0.4) is 0 Å². The molecular formula is C25H31N5O2. The number of rotatable bonds is 5. The van der Waals surface area contributed by atoms with Crippen LogP contribution in [0.2, 0.25) is 0 Å². The minimum Gasteiger partial charge on any atom is -0.475 e. The number of amides is 2. The van der Waals surface area contributed by atoms with Gasteiger partial charge in [0, 0.05) is 38.4 Å². The molecule has 0 aliphatic carbocycles. The number of ether oxygens (including phenoxy) is 1. The predicted octanol–water partition coefficient (Wildman–Crippen LogP) is 4.41. The zero-order chi connectivity index (χ0) is 22.7. The van der Waals surface area contributed by atoms with Crippen molar-refractivity contribution in [2.45, 2.75) is 27.7 Å². The number of fused-ring (bicyclic) bond motifs is 1. The lowest BCUT2D eigenvalue weighted by atomic mass is 10.1. The van der Waals surface area contributed by atoms with Gasteiger partial charge in [-0.2, -0.15) is 0 Å². The van der Waals surface area contributed by atoms with Crippen molar-refractivity contribution in [2.24, 2.45) is 0 Å². The maximum atomic E-state index is 13.5. The van der Waals surface area contributed by atoms with Crippen LogP contribution in [0.15, 0.2) is 42.5 Å². The fourth-order valence-corrected chi connectivity index (χ4v) is 4.22. The number of hydrogen-bond acceptors (Lipinski definition) is 5. The smallest absolute Gasteiger partial charge is 0.325 e. The summed E-state index contributed by atoms with van der Waals surface area (Å²) < 4.78 is 5.77. The number of carbonyl (C=O) groups is 1. The maximum Gasteiger partial charge on any atom is 0.325 e. The summed E-state index contributed by atoms with van der Waals surface area (Å²) in [5, 5.41) is 0. The Bertz CT molecular complexity index is 1090. The number of nitrogens with zero attached hydrogens (tertiary/aromatic N) is 5. The SMILES string of the molecule is CCOc1nc2ccccc2nc1N(CC)C(=O)N1CCN(c2cc(C)cc(C)c2)CC1. The highest BCUT2D eigenvalue weighted by molar-refractivity contribution is 5.93.